The van der Waals surface area contributed by atoms with E-state index in [4.69, 9.17) is 4.98 Å². The van der Waals surface area contributed by atoms with Crippen LogP contribution in [-0.4, -0.2) is 46.4 Å². The minimum Gasteiger partial charge on any atom is -0.355 e. The van der Waals surface area contributed by atoms with Gasteiger partial charge in [-0.15, -0.1) is 0 Å². The molecule has 2 fully saturated rings. The van der Waals surface area contributed by atoms with Gasteiger partial charge < -0.3 is 14.8 Å². The van der Waals surface area contributed by atoms with Crippen molar-refractivity contribution in [3.8, 4) is 22.5 Å². The number of carbonyl (C=O) groups excluding carboxylic acids is 2. The number of likely N-dealkylation sites (tertiary alicyclic amines) is 1. The van der Waals surface area contributed by atoms with Crippen molar-refractivity contribution in [2.75, 3.05) is 20.1 Å². The van der Waals surface area contributed by atoms with E-state index in [1.54, 1.807) is 19.2 Å². The molecular formula is C30H29FN4O2. The number of fused-ring (bicyclic) bond motifs is 1. The number of hydrogen-bond acceptors (Lipinski definition) is 3. The van der Waals surface area contributed by atoms with Crippen LogP contribution < -0.4 is 5.32 Å². The number of aromatic nitrogens is 2. The molecule has 1 unspecified atom stereocenters. The fourth-order valence-electron chi connectivity index (χ4n) is 5.38. The maximum atomic E-state index is 13.4. The quantitative estimate of drug-likeness (QED) is 0.403. The van der Waals surface area contributed by atoms with E-state index in [-0.39, 0.29) is 23.6 Å². The Balaban J connectivity index is 1.38. The maximum Gasteiger partial charge on any atom is 0.253 e. The Labute approximate surface area is 215 Å². The molecule has 6 rings (SSSR count). The lowest BCUT2D eigenvalue weighted by Gasteiger charge is -2.18. The summed E-state index contributed by atoms with van der Waals surface area (Å²) in [6.07, 6.45) is 2.96. The molecule has 2 amide bonds. The number of hydrogen-bond donors (Lipinski definition) is 1. The summed E-state index contributed by atoms with van der Waals surface area (Å²) in [5, 5.41) is 2.75. The van der Waals surface area contributed by atoms with Crippen LogP contribution in [0, 0.1) is 17.7 Å². The van der Waals surface area contributed by atoms with Crippen molar-refractivity contribution in [3.63, 3.8) is 0 Å². The first kappa shape index (κ1) is 23.4. The normalized spacial score (nSPS) is 17.4. The van der Waals surface area contributed by atoms with Crippen molar-refractivity contribution < 1.29 is 14.0 Å². The summed E-state index contributed by atoms with van der Waals surface area (Å²) >= 11 is 0. The van der Waals surface area contributed by atoms with E-state index in [1.165, 1.54) is 12.1 Å². The van der Waals surface area contributed by atoms with Gasteiger partial charge in [-0.05, 0) is 60.6 Å². The van der Waals surface area contributed by atoms with Crippen molar-refractivity contribution >= 4 is 22.8 Å². The summed E-state index contributed by atoms with van der Waals surface area (Å²) in [7, 11) is 1.63. The first-order valence-electron chi connectivity index (χ1n) is 12.9. The SMILES string of the molecule is CNC(=O)c1cccc2nc(-c3ccc(-c4ccc(F)cc4)cc3)n(CC3CCN(C(=O)C4CC4)C3)c12. The molecule has 1 atom stereocenters. The monoisotopic (exact) mass is 496 g/mol. The average molecular weight is 497 g/mol. The van der Waals surface area contributed by atoms with Crippen LogP contribution >= 0.6 is 0 Å². The van der Waals surface area contributed by atoms with E-state index in [1.807, 2.05) is 47.4 Å². The van der Waals surface area contributed by atoms with Gasteiger partial charge in [0.25, 0.3) is 5.91 Å². The summed E-state index contributed by atoms with van der Waals surface area (Å²) < 4.78 is 15.5. The molecular weight excluding hydrogens is 467 g/mol. The molecule has 1 N–H and O–H groups in total. The predicted octanol–water partition coefficient (Wildman–Crippen LogP) is 5.13. The summed E-state index contributed by atoms with van der Waals surface area (Å²) in [6.45, 7) is 2.20. The number of rotatable bonds is 6. The maximum absolute atomic E-state index is 13.4. The summed E-state index contributed by atoms with van der Waals surface area (Å²) in [5.74, 6) is 1.19. The molecule has 188 valence electrons. The van der Waals surface area contributed by atoms with Gasteiger partial charge in [0, 0.05) is 38.2 Å². The summed E-state index contributed by atoms with van der Waals surface area (Å²) in [4.78, 5) is 32.4. The Morgan fingerprint density at radius 2 is 1.62 bits per heavy atom. The largest absolute Gasteiger partial charge is 0.355 e. The number of benzene rings is 3. The lowest BCUT2D eigenvalue weighted by atomic mass is 10.0. The molecule has 2 heterocycles. The van der Waals surface area contributed by atoms with Crippen LogP contribution in [-0.2, 0) is 11.3 Å². The summed E-state index contributed by atoms with van der Waals surface area (Å²) in [5.41, 5.74) is 5.03. The molecule has 0 bridgehead atoms. The molecule has 0 radical (unpaired) electrons. The second-order valence-electron chi connectivity index (χ2n) is 10.1. The molecule has 1 saturated carbocycles. The molecule has 1 aromatic heterocycles. The zero-order valence-corrected chi connectivity index (χ0v) is 20.8. The van der Waals surface area contributed by atoms with Crippen LogP contribution in [0.1, 0.15) is 29.6 Å². The third-order valence-electron chi connectivity index (χ3n) is 7.52. The van der Waals surface area contributed by atoms with E-state index >= 15 is 0 Å². The van der Waals surface area contributed by atoms with Gasteiger partial charge in [-0.2, -0.15) is 0 Å². The molecule has 4 aromatic rings. The Hall–Kier alpha value is -4.00. The van der Waals surface area contributed by atoms with Crippen LogP contribution in [0.5, 0.6) is 0 Å². The van der Waals surface area contributed by atoms with Gasteiger partial charge in [0.1, 0.15) is 11.6 Å². The number of nitrogens with zero attached hydrogens (tertiary/aromatic N) is 3. The molecule has 2 aliphatic rings. The van der Waals surface area contributed by atoms with Crippen LogP contribution in [0.2, 0.25) is 0 Å². The van der Waals surface area contributed by atoms with E-state index in [9.17, 15) is 14.0 Å². The number of halogens is 1. The van der Waals surface area contributed by atoms with Crippen LogP contribution in [0.15, 0.2) is 66.7 Å². The number of imidazole rings is 1. The molecule has 1 aliphatic heterocycles. The van der Waals surface area contributed by atoms with Crippen LogP contribution in [0.3, 0.4) is 0 Å². The van der Waals surface area contributed by atoms with Gasteiger partial charge in [-0.25, -0.2) is 9.37 Å². The fraction of sp³-hybridized carbons (Fsp3) is 0.300. The molecule has 3 aromatic carbocycles. The first-order chi connectivity index (χ1) is 18.0. The van der Waals surface area contributed by atoms with Gasteiger partial charge in [0.2, 0.25) is 5.91 Å². The van der Waals surface area contributed by atoms with Crippen molar-refractivity contribution in [1.82, 2.24) is 19.8 Å². The van der Waals surface area contributed by atoms with Crippen LogP contribution in [0.4, 0.5) is 4.39 Å². The number of para-hydroxylation sites is 1. The predicted molar refractivity (Wildman–Crippen MR) is 141 cm³/mol. The Kier molecular flexibility index (Phi) is 5.99. The second-order valence-corrected chi connectivity index (χ2v) is 10.1. The minimum absolute atomic E-state index is 0.151. The topological polar surface area (TPSA) is 67.2 Å². The number of amides is 2. The van der Waals surface area contributed by atoms with Crippen LogP contribution in [0.25, 0.3) is 33.5 Å². The highest BCUT2D eigenvalue weighted by atomic mass is 19.1. The van der Waals surface area contributed by atoms with Crippen molar-refractivity contribution in [2.45, 2.75) is 25.8 Å². The molecule has 0 spiro atoms. The van der Waals surface area contributed by atoms with E-state index < -0.39 is 0 Å². The Morgan fingerprint density at radius 1 is 0.946 bits per heavy atom. The molecule has 7 heteroatoms. The summed E-state index contributed by atoms with van der Waals surface area (Å²) in [6, 6.07) is 20.1. The standard InChI is InChI=1S/C30H29FN4O2/c1-32-29(36)25-3-2-4-26-27(25)35(18-19-15-16-34(17-19)30(37)23-9-10-23)28(33-26)22-7-5-20(6-8-22)21-11-13-24(31)14-12-21/h2-8,11-14,19,23H,9-10,15-18H2,1H3,(H,32,36). The minimum atomic E-state index is -0.259. The lowest BCUT2D eigenvalue weighted by Crippen LogP contribution is -2.30. The number of nitrogens with one attached hydrogen (secondary N) is 1. The van der Waals surface area contributed by atoms with Gasteiger partial charge in [0.05, 0.1) is 16.6 Å². The van der Waals surface area contributed by atoms with Crippen molar-refractivity contribution in [1.29, 1.82) is 0 Å². The average Bonchev–Trinajstić information content (AvgIpc) is 3.57. The fourth-order valence-corrected chi connectivity index (χ4v) is 5.38. The first-order valence-corrected chi connectivity index (χ1v) is 12.9. The van der Waals surface area contributed by atoms with Crippen molar-refractivity contribution in [3.05, 3.63) is 78.1 Å². The zero-order chi connectivity index (χ0) is 25.5. The third-order valence-corrected chi connectivity index (χ3v) is 7.52. The molecule has 1 saturated heterocycles. The molecule has 37 heavy (non-hydrogen) atoms. The highest BCUT2D eigenvalue weighted by Gasteiger charge is 2.37. The smallest absolute Gasteiger partial charge is 0.253 e. The van der Waals surface area contributed by atoms with Gasteiger partial charge in [-0.1, -0.05) is 42.5 Å². The highest BCUT2D eigenvalue weighted by molar-refractivity contribution is 6.05. The molecule has 1 aliphatic carbocycles. The van der Waals surface area contributed by atoms with Crippen molar-refractivity contribution in [2.24, 2.45) is 11.8 Å². The zero-order valence-electron chi connectivity index (χ0n) is 20.8. The third kappa shape index (κ3) is 4.50. The Bertz CT molecular complexity index is 1470. The second kappa shape index (κ2) is 9.47. The van der Waals surface area contributed by atoms with E-state index in [2.05, 4.69) is 9.88 Å². The lowest BCUT2D eigenvalue weighted by molar-refractivity contribution is -0.131. The van der Waals surface area contributed by atoms with E-state index in [0.29, 0.717) is 18.0 Å². The van der Waals surface area contributed by atoms with E-state index in [0.717, 1.165) is 65.9 Å². The number of carbonyl (C=O) groups is 2. The van der Waals surface area contributed by atoms with Gasteiger partial charge in [0.15, 0.2) is 0 Å². The molecule has 6 nitrogen and oxygen atoms in total. The van der Waals surface area contributed by atoms with Gasteiger partial charge in [-0.3, -0.25) is 9.59 Å². The highest BCUT2D eigenvalue weighted by Crippen LogP contribution is 2.35. The van der Waals surface area contributed by atoms with Gasteiger partial charge >= 0.3 is 0 Å². The Morgan fingerprint density at radius 3 is 2.30 bits per heavy atom.